The number of carbonyl (C=O) groups excluding carboxylic acids is 3. The van der Waals surface area contributed by atoms with Crippen molar-refractivity contribution in [2.75, 3.05) is 13.2 Å². The summed E-state index contributed by atoms with van der Waals surface area (Å²) in [4.78, 5) is 37.9. The van der Waals surface area contributed by atoms with Crippen LogP contribution in [-0.4, -0.2) is 54.4 Å². The second-order valence-electron chi connectivity index (χ2n) is 9.77. The fourth-order valence-electron chi connectivity index (χ4n) is 4.17. The Bertz CT molecular complexity index is 828. The minimum Gasteiger partial charge on any atom is -0.445 e. The van der Waals surface area contributed by atoms with Crippen molar-refractivity contribution in [3.63, 3.8) is 0 Å². The van der Waals surface area contributed by atoms with Crippen LogP contribution in [0.15, 0.2) is 42.5 Å². The van der Waals surface area contributed by atoms with Gasteiger partial charge >= 0.3 is 6.09 Å². The fourth-order valence-corrected chi connectivity index (χ4v) is 4.17. The molecule has 1 aromatic carbocycles. The lowest BCUT2D eigenvalue weighted by molar-refractivity contribution is -0.131. The lowest BCUT2D eigenvalue weighted by Gasteiger charge is -2.26. The standard InChI is InChI=1S/C28H43N3O5/c1-21(2)26-27(34)29-17-13-8-6-4-3-5-7-9-14-18-36-28(35)30-23(24(32)20-25(33)31-26)19-22-15-11-10-12-16-22/h9-12,14-16,21,23-24,26,32H,3-8,13,17-20H2,1-2H3,(H,29,34)(H,30,35)(H,31,33)/b14-9-/t23-,24-,26-/m0/s1. The van der Waals surface area contributed by atoms with Gasteiger partial charge in [0.1, 0.15) is 12.6 Å². The maximum atomic E-state index is 12.8. The maximum absolute atomic E-state index is 12.8. The van der Waals surface area contributed by atoms with E-state index in [2.05, 4.69) is 16.0 Å². The summed E-state index contributed by atoms with van der Waals surface area (Å²) < 4.78 is 5.26. The van der Waals surface area contributed by atoms with Crippen LogP contribution in [0.5, 0.6) is 0 Å². The fraction of sp³-hybridized carbons (Fsp3) is 0.607. The van der Waals surface area contributed by atoms with Crippen LogP contribution in [0.1, 0.15) is 70.8 Å². The molecular formula is C28H43N3O5. The molecule has 8 heteroatoms. The van der Waals surface area contributed by atoms with Gasteiger partial charge in [-0.25, -0.2) is 4.79 Å². The zero-order valence-corrected chi connectivity index (χ0v) is 21.7. The van der Waals surface area contributed by atoms with Crippen molar-refractivity contribution >= 4 is 17.9 Å². The number of nitrogens with one attached hydrogen (secondary N) is 3. The van der Waals surface area contributed by atoms with Gasteiger partial charge in [-0.3, -0.25) is 9.59 Å². The highest BCUT2D eigenvalue weighted by atomic mass is 16.5. The minimum atomic E-state index is -1.16. The molecule has 0 bridgehead atoms. The third-order valence-corrected chi connectivity index (χ3v) is 6.30. The number of hydrogen-bond donors (Lipinski definition) is 4. The monoisotopic (exact) mass is 501 g/mol. The highest BCUT2D eigenvalue weighted by molar-refractivity contribution is 5.88. The van der Waals surface area contributed by atoms with E-state index >= 15 is 0 Å². The molecule has 1 aliphatic heterocycles. The summed E-state index contributed by atoms with van der Waals surface area (Å²) in [7, 11) is 0. The summed E-state index contributed by atoms with van der Waals surface area (Å²) in [5, 5.41) is 19.3. The van der Waals surface area contributed by atoms with Gasteiger partial charge < -0.3 is 25.8 Å². The first-order valence-corrected chi connectivity index (χ1v) is 13.2. The molecule has 0 saturated heterocycles. The highest BCUT2D eigenvalue weighted by Gasteiger charge is 2.28. The largest absolute Gasteiger partial charge is 0.445 e. The minimum absolute atomic E-state index is 0.113. The Morgan fingerprint density at radius 3 is 2.36 bits per heavy atom. The molecule has 200 valence electrons. The average molecular weight is 502 g/mol. The van der Waals surface area contributed by atoms with E-state index in [1.54, 1.807) is 0 Å². The number of alkyl carbamates (subject to hydrolysis) is 1. The van der Waals surface area contributed by atoms with E-state index in [0.717, 1.165) is 50.5 Å². The topological polar surface area (TPSA) is 117 Å². The molecule has 0 saturated carbocycles. The molecule has 36 heavy (non-hydrogen) atoms. The van der Waals surface area contributed by atoms with Crippen LogP contribution in [0.2, 0.25) is 0 Å². The number of allylic oxidation sites excluding steroid dienone is 1. The van der Waals surface area contributed by atoms with Gasteiger partial charge in [0.25, 0.3) is 0 Å². The third-order valence-electron chi connectivity index (χ3n) is 6.30. The molecule has 0 radical (unpaired) electrons. The van der Waals surface area contributed by atoms with Crippen LogP contribution in [0.25, 0.3) is 0 Å². The SMILES string of the molecule is CC(C)[C@@H]1NC(=O)C[C@H](O)[C@H](Cc2ccccc2)NC(=O)OC/C=C\CCCCCCCCNC1=O. The Morgan fingerprint density at radius 1 is 0.944 bits per heavy atom. The molecule has 0 unspecified atom stereocenters. The Kier molecular flexibility index (Phi) is 13.7. The number of aliphatic hydroxyl groups excluding tert-OH is 1. The molecule has 1 aromatic rings. The molecule has 1 aliphatic rings. The van der Waals surface area contributed by atoms with E-state index in [-0.39, 0.29) is 24.9 Å². The number of ether oxygens (including phenoxy) is 1. The number of cyclic esters (lactones) is 1. The lowest BCUT2D eigenvalue weighted by Crippen LogP contribution is -2.52. The molecule has 3 amide bonds. The normalized spacial score (nSPS) is 25.3. The Morgan fingerprint density at radius 2 is 1.64 bits per heavy atom. The molecule has 2 rings (SSSR count). The molecule has 3 atom stereocenters. The molecule has 8 nitrogen and oxygen atoms in total. The number of aliphatic hydroxyl groups is 1. The zero-order chi connectivity index (χ0) is 26.2. The molecule has 0 spiro atoms. The maximum Gasteiger partial charge on any atom is 0.407 e. The highest BCUT2D eigenvalue weighted by Crippen LogP contribution is 2.11. The Labute approximate surface area is 215 Å². The lowest BCUT2D eigenvalue weighted by atomic mass is 9.98. The van der Waals surface area contributed by atoms with Gasteiger partial charge in [-0.05, 0) is 37.2 Å². The van der Waals surface area contributed by atoms with Gasteiger partial charge in [-0.15, -0.1) is 0 Å². The van der Waals surface area contributed by atoms with E-state index in [1.807, 2.05) is 56.3 Å². The average Bonchev–Trinajstić information content (AvgIpc) is 2.84. The van der Waals surface area contributed by atoms with Crippen LogP contribution in [0.3, 0.4) is 0 Å². The molecule has 4 N–H and O–H groups in total. The first-order valence-electron chi connectivity index (χ1n) is 13.2. The van der Waals surface area contributed by atoms with Gasteiger partial charge in [-0.1, -0.05) is 82.0 Å². The van der Waals surface area contributed by atoms with Crippen LogP contribution in [-0.2, 0) is 20.7 Å². The predicted octanol–water partition coefficient (Wildman–Crippen LogP) is 3.63. The first kappa shape index (κ1) is 29.4. The number of carbonyl (C=O) groups is 3. The van der Waals surface area contributed by atoms with Crippen molar-refractivity contribution in [2.24, 2.45) is 5.92 Å². The van der Waals surface area contributed by atoms with Crippen LogP contribution < -0.4 is 16.0 Å². The summed E-state index contributed by atoms with van der Waals surface area (Å²) in [6.07, 6.45) is 9.48. The first-order chi connectivity index (χ1) is 17.4. The molecule has 0 fully saturated rings. The van der Waals surface area contributed by atoms with Crippen LogP contribution in [0, 0.1) is 5.92 Å². The van der Waals surface area contributed by atoms with Crippen molar-refractivity contribution in [3.05, 3.63) is 48.0 Å². The van der Waals surface area contributed by atoms with Crippen molar-refractivity contribution in [3.8, 4) is 0 Å². The number of rotatable bonds is 3. The van der Waals surface area contributed by atoms with Crippen molar-refractivity contribution in [1.82, 2.24) is 16.0 Å². The van der Waals surface area contributed by atoms with Crippen molar-refractivity contribution in [1.29, 1.82) is 0 Å². The van der Waals surface area contributed by atoms with Crippen LogP contribution >= 0.6 is 0 Å². The summed E-state index contributed by atoms with van der Waals surface area (Å²) in [5.74, 6) is -0.781. The summed E-state index contributed by atoms with van der Waals surface area (Å²) in [6, 6.07) is 7.99. The zero-order valence-electron chi connectivity index (χ0n) is 21.7. The number of benzene rings is 1. The smallest absolute Gasteiger partial charge is 0.407 e. The van der Waals surface area contributed by atoms with Gasteiger partial charge in [0.05, 0.1) is 18.6 Å². The summed E-state index contributed by atoms with van der Waals surface area (Å²) in [5.41, 5.74) is 0.906. The van der Waals surface area contributed by atoms with Gasteiger partial charge in [0.2, 0.25) is 11.8 Å². The van der Waals surface area contributed by atoms with Crippen molar-refractivity contribution in [2.45, 2.75) is 89.8 Å². The molecule has 0 aliphatic carbocycles. The summed E-state index contributed by atoms with van der Waals surface area (Å²) >= 11 is 0. The second kappa shape index (κ2) is 16.7. The molecular weight excluding hydrogens is 458 g/mol. The van der Waals surface area contributed by atoms with Crippen LogP contribution in [0.4, 0.5) is 4.79 Å². The van der Waals surface area contributed by atoms with E-state index in [0.29, 0.717) is 13.0 Å². The predicted molar refractivity (Wildman–Crippen MR) is 140 cm³/mol. The van der Waals surface area contributed by atoms with Gasteiger partial charge in [-0.2, -0.15) is 0 Å². The summed E-state index contributed by atoms with van der Waals surface area (Å²) in [6.45, 7) is 4.46. The molecule has 1 heterocycles. The third kappa shape index (κ3) is 11.7. The van der Waals surface area contributed by atoms with Crippen molar-refractivity contribution < 1.29 is 24.2 Å². The molecule has 0 aromatic heterocycles. The number of hydrogen-bond acceptors (Lipinski definition) is 5. The second-order valence-corrected chi connectivity index (χ2v) is 9.77. The van der Waals surface area contributed by atoms with E-state index in [9.17, 15) is 19.5 Å². The Hall–Kier alpha value is -2.87. The van der Waals surface area contributed by atoms with Gasteiger partial charge in [0.15, 0.2) is 0 Å². The van der Waals surface area contributed by atoms with E-state index < -0.39 is 30.2 Å². The Balaban J connectivity index is 2.10. The quantitative estimate of drug-likeness (QED) is 0.472. The van der Waals surface area contributed by atoms with E-state index in [4.69, 9.17) is 4.74 Å². The van der Waals surface area contributed by atoms with Gasteiger partial charge in [0, 0.05) is 6.54 Å². The number of amides is 3. The van der Waals surface area contributed by atoms with E-state index in [1.165, 1.54) is 0 Å².